The molecule has 0 saturated carbocycles. The molecule has 0 unspecified atom stereocenters. The van der Waals surface area contributed by atoms with Crippen molar-refractivity contribution in [1.82, 2.24) is 0 Å². The zero-order valence-electron chi connectivity index (χ0n) is 11.3. The van der Waals surface area contributed by atoms with Crippen molar-refractivity contribution in [2.24, 2.45) is 5.16 Å². The first-order chi connectivity index (χ1) is 9.13. The van der Waals surface area contributed by atoms with Crippen LogP contribution >= 0.6 is 0 Å². The van der Waals surface area contributed by atoms with Gasteiger partial charge < -0.3 is 14.4 Å². The van der Waals surface area contributed by atoms with Gasteiger partial charge in [-0.3, -0.25) is 0 Å². The van der Waals surface area contributed by atoms with Gasteiger partial charge in [0, 0.05) is 12.5 Å². The summed E-state index contributed by atoms with van der Waals surface area (Å²) in [4.78, 5) is 16.8. The third-order valence-electron chi connectivity index (χ3n) is 2.47. The van der Waals surface area contributed by atoms with Gasteiger partial charge in [0.2, 0.25) is 0 Å². The molecule has 1 aromatic rings. The van der Waals surface area contributed by atoms with Crippen LogP contribution in [0, 0.1) is 0 Å². The summed E-state index contributed by atoms with van der Waals surface area (Å²) in [5.41, 5.74) is -0.172. The number of hydrogen-bond donors (Lipinski definition) is 1. The second-order valence-corrected chi connectivity index (χ2v) is 3.99. The average molecular weight is 265 g/mol. The maximum Gasteiger partial charge on any atom is 0.349 e. The van der Waals surface area contributed by atoms with Gasteiger partial charge in [-0.25, -0.2) is 4.79 Å². The van der Waals surface area contributed by atoms with Gasteiger partial charge in [0.1, 0.15) is 23.7 Å². The fourth-order valence-corrected chi connectivity index (χ4v) is 1.62. The van der Waals surface area contributed by atoms with E-state index in [4.69, 9.17) is 9.25 Å². The van der Waals surface area contributed by atoms with Crippen molar-refractivity contribution in [2.45, 2.75) is 33.1 Å². The zero-order valence-corrected chi connectivity index (χ0v) is 11.3. The Balaban J connectivity index is 3.14. The van der Waals surface area contributed by atoms with Gasteiger partial charge in [-0.15, -0.1) is 0 Å². The normalized spacial score (nSPS) is 11.4. The van der Waals surface area contributed by atoms with Gasteiger partial charge in [-0.1, -0.05) is 31.7 Å². The van der Waals surface area contributed by atoms with Gasteiger partial charge in [-0.05, 0) is 12.8 Å². The highest BCUT2D eigenvalue weighted by Crippen LogP contribution is 2.18. The molecule has 0 aliphatic heterocycles. The number of aryl methyl sites for hydroxylation is 1. The summed E-state index contributed by atoms with van der Waals surface area (Å²) >= 11 is 0. The molecule has 5 heteroatoms. The Labute approximate surface area is 112 Å². The van der Waals surface area contributed by atoms with Crippen LogP contribution in [0.15, 0.2) is 33.1 Å². The Morgan fingerprint density at radius 2 is 2.32 bits per heavy atom. The monoisotopic (exact) mass is 265 g/mol. The number of hydrogen-bond acceptors (Lipinski definition) is 5. The zero-order chi connectivity index (χ0) is 14.3. The number of oxime groups is 1. The van der Waals surface area contributed by atoms with E-state index < -0.39 is 5.63 Å². The van der Waals surface area contributed by atoms with E-state index in [9.17, 15) is 9.90 Å². The highest BCUT2D eigenvalue weighted by atomic mass is 16.6. The quantitative estimate of drug-likeness (QED) is 0.356. The van der Waals surface area contributed by atoms with E-state index in [2.05, 4.69) is 11.7 Å². The molecule has 0 radical (unpaired) electrons. The second kappa shape index (κ2) is 7.41. The average Bonchev–Trinajstić information content (AvgIpc) is 2.36. The molecule has 0 spiro atoms. The number of rotatable bonds is 7. The van der Waals surface area contributed by atoms with Crippen LogP contribution in [0.3, 0.4) is 0 Å². The lowest BCUT2D eigenvalue weighted by atomic mass is 10.1. The molecule has 0 saturated heterocycles. The second-order valence-electron chi connectivity index (χ2n) is 3.99. The van der Waals surface area contributed by atoms with E-state index in [1.54, 1.807) is 6.08 Å². The SMILES string of the molecule is C=CCON=C(CC)c1c(O)cc(CCC)oc1=O. The first-order valence-electron chi connectivity index (χ1n) is 6.30. The summed E-state index contributed by atoms with van der Waals surface area (Å²) in [5.74, 6) is 0.346. The third-order valence-corrected chi connectivity index (χ3v) is 2.47. The molecule has 104 valence electrons. The standard InChI is InChI=1S/C14H19NO4/c1-4-7-10-9-12(16)13(14(17)19-10)11(6-3)15-18-8-5-2/h5,9,16H,2,4,6-8H2,1,3H3. The molecular formula is C14H19NO4. The number of nitrogens with zero attached hydrogens (tertiary/aromatic N) is 1. The van der Waals surface area contributed by atoms with Crippen LogP contribution in [0.1, 0.15) is 38.0 Å². The van der Waals surface area contributed by atoms with Crippen molar-refractivity contribution in [3.63, 3.8) is 0 Å². The van der Waals surface area contributed by atoms with E-state index in [-0.39, 0.29) is 17.9 Å². The first kappa shape index (κ1) is 15.0. The Morgan fingerprint density at radius 1 is 1.58 bits per heavy atom. The van der Waals surface area contributed by atoms with Gasteiger partial charge in [0.25, 0.3) is 0 Å². The predicted octanol–water partition coefficient (Wildman–Crippen LogP) is 2.61. The van der Waals surface area contributed by atoms with Crippen molar-refractivity contribution in [1.29, 1.82) is 0 Å². The van der Waals surface area contributed by atoms with Crippen molar-refractivity contribution in [3.05, 3.63) is 40.5 Å². The van der Waals surface area contributed by atoms with Crippen LogP contribution < -0.4 is 5.63 Å². The molecule has 0 aliphatic rings. The summed E-state index contributed by atoms with van der Waals surface area (Å²) < 4.78 is 5.15. The van der Waals surface area contributed by atoms with Gasteiger partial charge in [0.05, 0.1) is 5.71 Å². The molecule has 1 aromatic heterocycles. The number of aromatic hydroxyl groups is 1. The molecule has 1 heterocycles. The van der Waals surface area contributed by atoms with Crippen LogP contribution in [0.2, 0.25) is 0 Å². The van der Waals surface area contributed by atoms with Gasteiger partial charge >= 0.3 is 5.63 Å². The molecule has 0 bridgehead atoms. The fourth-order valence-electron chi connectivity index (χ4n) is 1.62. The summed E-state index contributed by atoms with van der Waals surface area (Å²) in [6.45, 7) is 7.52. The first-order valence-corrected chi connectivity index (χ1v) is 6.30. The van der Waals surface area contributed by atoms with Gasteiger partial charge in [0.15, 0.2) is 0 Å². The van der Waals surface area contributed by atoms with Crippen molar-refractivity contribution in [3.8, 4) is 5.75 Å². The minimum Gasteiger partial charge on any atom is -0.507 e. The molecule has 0 amide bonds. The molecule has 5 nitrogen and oxygen atoms in total. The lowest BCUT2D eigenvalue weighted by Gasteiger charge is -2.06. The Kier molecular flexibility index (Phi) is 5.85. The van der Waals surface area contributed by atoms with Crippen molar-refractivity contribution >= 4 is 5.71 Å². The molecule has 19 heavy (non-hydrogen) atoms. The summed E-state index contributed by atoms with van der Waals surface area (Å²) in [6.07, 6.45) is 3.43. The molecular weight excluding hydrogens is 246 g/mol. The topological polar surface area (TPSA) is 72.0 Å². The van der Waals surface area contributed by atoms with Crippen LogP contribution in [0.4, 0.5) is 0 Å². The minimum absolute atomic E-state index is 0.0615. The fraction of sp³-hybridized carbons (Fsp3) is 0.429. The lowest BCUT2D eigenvalue weighted by molar-refractivity contribution is 0.174. The van der Waals surface area contributed by atoms with E-state index >= 15 is 0 Å². The van der Waals surface area contributed by atoms with E-state index in [1.165, 1.54) is 6.07 Å². The molecule has 0 fully saturated rings. The van der Waals surface area contributed by atoms with Crippen LogP contribution in [0.25, 0.3) is 0 Å². The minimum atomic E-state index is -0.591. The van der Waals surface area contributed by atoms with Crippen molar-refractivity contribution in [2.75, 3.05) is 6.61 Å². The van der Waals surface area contributed by atoms with E-state index in [0.29, 0.717) is 24.3 Å². The smallest absolute Gasteiger partial charge is 0.349 e. The Morgan fingerprint density at radius 3 is 2.84 bits per heavy atom. The molecule has 1 N–H and O–H groups in total. The van der Waals surface area contributed by atoms with E-state index in [1.807, 2.05) is 13.8 Å². The molecule has 0 aromatic carbocycles. The largest absolute Gasteiger partial charge is 0.507 e. The Hall–Kier alpha value is -2.04. The molecule has 1 rings (SSSR count). The van der Waals surface area contributed by atoms with Crippen LogP contribution in [-0.2, 0) is 11.3 Å². The van der Waals surface area contributed by atoms with Crippen LogP contribution in [-0.4, -0.2) is 17.4 Å². The maximum atomic E-state index is 11.9. The highest BCUT2D eigenvalue weighted by molar-refractivity contribution is 6.01. The Bertz CT molecular complexity index is 517. The maximum absolute atomic E-state index is 11.9. The molecule has 0 aliphatic carbocycles. The predicted molar refractivity (Wildman–Crippen MR) is 73.6 cm³/mol. The van der Waals surface area contributed by atoms with E-state index in [0.717, 1.165) is 6.42 Å². The third kappa shape index (κ3) is 3.98. The highest BCUT2D eigenvalue weighted by Gasteiger charge is 2.16. The van der Waals surface area contributed by atoms with Gasteiger partial charge in [-0.2, -0.15) is 0 Å². The summed E-state index contributed by atoms with van der Waals surface area (Å²) in [5, 5.41) is 13.8. The van der Waals surface area contributed by atoms with Crippen molar-refractivity contribution < 1.29 is 14.4 Å². The molecule has 0 atom stereocenters. The summed E-state index contributed by atoms with van der Waals surface area (Å²) in [6, 6.07) is 1.46. The van der Waals surface area contributed by atoms with Crippen LogP contribution in [0.5, 0.6) is 5.75 Å². The summed E-state index contributed by atoms with van der Waals surface area (Å²) in [7, 11) is 0. The lowest BCUT2D eigenvalue weighted by Crippen LogP contribution is -2.16.